The van der Waals surface area contributed by atoms with Crippen LogP contribution in [0.4, 0.5) is 5.82 Å². The van der Waals surface area contributed by atoms with Gasteiger partial charge in [0.2, 0.25) is 11.7 Å². The molecular formula is C67H86N7O21P. The lowest BCUT2D eigenvalue weighted by Crippen LogP contribution is -2.66. The lowest BCUT2D eigenvalue weighted by atomic mass is 9.79. The zero-order valence-corrected chi connectivity index (χ0v) is 56.4. The van der Waals surface area contributed by atoms with Gasteiger partial charge in [-0.2, -0.15) is 0 Å². The summed E-state index contributed by atoms with van der Waals surface area (Å²) in [4.78, 5) is 77.4. The van der Waals surface area contributed by atoms with Crippen LogP contribution in [0.25, 0.3) is 11.2 Å². The molecule has 10 atom stereocenters. The van der Waals surface area contributed by atoms with Gasteiger partial charge < -0.3 is 72.6 Å². The second-order valence-corrected chi connectivity index (χ2v) is 24.8. The largest absolute Gasteiger partial charge is 0.497 e. The number of methoxy groups -OCH3 is 2. The molecule has 2 fully saturated rings. The van der Waals surface area contributed by atoms with Crippen LogP contribution in [-0.2, 0) is 90.6 Å². The normalized spacial score (nSPS) is 20.6. The Morgan fingerprint density at radius 3 is 1.78 bits per heavy atom. The summed E-state index contributed by atoms with van der Waals surface area (Å²) in [6.07, 6.45) is -7.32. The zero-order valence-electron chi connectivity index (χ0n) is 55.5. The van der Waals surface area contributed by atoms with Crippen LogP contribution in [-0.4, -0.2) is 195 Å². The minimum absolute atomic E-state index is 0.0311. The number of nitrogens with one attached hydrogen (secondary N) is 1. The minimum Gasteiger partial charge on any atom is -0.497 e. The van der Waals surface area contributed by atoms with Gasteiger partial charge in [-0.3, -0.25) is 37.6 Å². The number of ether oxygens (including phenoxy) is 13. The Morgan fingerprint density at radius 2 is 1.23 bits per heavy atom. The number of anilines is 1. The minimum atomic E-state index is -4.45. The molecule has 1 amide bonds. The second kappa shape index (κ2) is 35.3. The van der Waals surface area contributed by atoms with Gasteiger partial charge >= 0.3 is 25.7 Å². The third-order valence-electron chi connectivity index (χ3n) is 15.4. The lowest BCUT2D eigenvalue weighted by Gasteiger charge is -2.44. The predicted molar refractivity (Wildman–Crippen MR) is 345 cm³/mol. The molecule has 4 heterocycles. The Hall–Kier alpha value is -7.99. The molecule has 0 saturated carbocycles. The van der Waals surface area contributed by atoms with Crippen molar-refractivity contribution in [3.05, 3.63) is 139 Å². The van der Waals surface area contributed by atoms with E-state index < -0.39 is 117 Å². The number of fused-ring (bicyclic) bond motifs is 1. The van der Waals surface area contributed by atoms with Crippen LogP contribution in [0.3, 0.4) is 0 Å². The van der Waals surface area contributed by atoms with E-state index in [2.05, 4.69) is 20.3 Å². The maximum atomic E-state index is 16.1. The summed E-state index contributed by atoms with van der Waals surface area (Å²) in [5.41, 5.74) is 7.21. The van der Waals surface area contributed by atoms with Crippen molar-refractivity contribution < 1.29 is 99.2 Å². The standard InChI is InChI=1S/C67H86N7O21P/c1-42(2)74(43(3)4)96(80,89-36-34-85-32-30-83-29-31-84-33-35-86-66-58(72-44(5)75)63(91-47(8)78)62(90-46(7)77)56(92-66)39-87-45(6)76)95-55-37-57(73-41-71-59-64(68)69-40-70-65(59)73)93-61(55)60(54(79)38-88-53-19-15-12-16-20-53)94-67(48-17-13-11-14-18-48,49-21-25-51(81-9)26-22-49)50-23-27-52(82-10)28-24-50/h11-28,40-43,55-58,60-63,66H,29-39H2,1-10H3,(H,72,75)(H2,68,69,70)/t55-,56+,57+,58+,60?,61-,62-,63+,66+,96?/m0/s1. The molecule has 3 N–H and O–H groups in total. The van der Waals surface area contributed by atoms with Gasteiger partial charge in [0, 0.05) is 46.2 Å². The number of Topliss-reactive ketones (excluding diaryl/α,β-unsaturated/α-hetero) is 1. The fraction of sp³-hybridized carbons (Fsp3) is 0.493. The van der Waals surface area contributed by atoms with Crippen LogP contribution in [0.15, 0.2) is 122 Å². The summed E-state index contributed by atoms with van der Waals surface area (Å²) >= 11 is 0. The van der Waals surface area contributed by atoms with E-state index in [-0.39, 0.29) is 71.7 Å². The Bertz CT molecular complexity index is 3460. The first-order valence-electron chi connectivity index (χ1n) is 31.4. The fourth-order valence-electron chi connectivity index (χ4n) is 11.5. The molecule has 96 heavy (non-hydrogen) atoms. The molecule has 0 spiro atoms. The van der Waals surface area contributed by atoms with Crippen molar-refractivity contribution in [3.63, 3.8) is 0 Å². The summed E-state index contributed by atoms with van der Waals surface area (Å²) in [5.74, 6) is -1.47. The molecule has 0 bridgehead atoms. The molecule has 8 rings (SSSR count). The number of nitrogen functional groups attached to an aromatic ring is 1. The first kappa shape index (κ1) is 73.8. The van der Waals surface area contributed by atoms with Gasteiger partial charge in [-0.15, -0.1) is 0 Å². The molecule has 2 unspecified atom stereocenters. The van der Waals surface area contributed by atoms with E-state index in [9.17, 15) is 19.2 Å². The van der Waals surface area contributed by atoms with Crippen LogP contribution in [0, 0.1) is 0 Å². The Kier molecular flexibility index (Phi) is 27.2. The van der Waals surface area contributed by atoms with Gasteiger partial charge in [-0.25, -0.2) is 24.2 Å². The molecule has 28 nitrogen and oxygen atoms in total. The second-order valence-electron chi connectivity index (χ2n) is 22.9. The topological polar surface area (TPSA) is 326 Å². The van der Waals surface area contributed by atoms with Crippen molar-refractivity contribution in [3.8, 4) is 17.2 Å². The molecule has 2 saturated heterocycles. The number of aromatic nitrogens is 4. The molecule has 29 heteroatoms. The quantitative estimate of drug-likeness (QED) is 0.0129. The highest BCUT2D eigenvalue weighted by atomic mass is 31.2. The number of rotatable bonds is 37. The average Bonchev–Trinajstić information content (AvgIpc) is 1.48. The summed E-state index contributed by atoms with van der Waals surface area (Å²) in [7, 11) is -1.31. The van der Waals surface area contributed by atoms with E-state index in [0.29, 0.717) is 45.1 Å². The number of para-hydroxylation sites is 1. The smallest absolute Gasteiger partial charge is 0.409 e. The molecule has 0 radical (unpaired) electrons. The van der Waals surface area contributed by atoms with Gasteiger partial charge in [-0.1, -0.05) is 72.8 Å². The van der Waals surface area contributed by atoms with Gasteiger partial charge in [0.25, 0.3) is 0 Å². The third-order valence-corrected chi connectivity index (χ3v) is 18.0. The van der Waals surface area contributed by atoms with Crippen molar-refractivity contribution in [1.29, 1.82) is 0 Å². The van der Waals surface area contributed by atoms with E-state index >= 15 is 9.36 Å². The zero-order chi connectivity index (χ0) is 68.9. The van der Waals surface area contributed by atoms with Crippen LogP contribution in [0.5, 0.6) is 17.2 Å². The van der Waals surface area contributed by atoms with Gasteiger partial charge in [0.05, 0.1) is 73.4 Å². The summed E-state index contributed by atoms with van der Waals surface area (Å²) in [5, 5.41) is 2.65. The van der Waals surface area contributed by atoms with E-state index in [1.165, 1.54) is 26.5 Å². The number of benzene rings is 4. The molecule has 520 valence electrons. The number of carbonyl (C=O) groups is 5. The van der Waals surface area contributed by atoms with Gasteiger partial charge in [-0.05, 0) is 80.8 Å². The molecule has 6 aromatic rings. The maximum absolute atomic E-state index is 16.1. The average molecular weight is 1360 g/mol. The van der Waals surface area contributed by atoms with Crippen molar-refractivity contribution in [2.24, 2.45) is 0 Å². The molecule has 4 aromatic carbocycles. The highest BCUT2D eigenvalue weighted by molar-refractivity contribution is 7.51. The monoisotopic (exact) mass is 1360 g/mol. The fourth-order valence-corrected chi connectivity index (χ4v) is 13.8. The third kappa shape index (κ3) is 19.2. The van der Waals surface area contributed by atoms with Crippen LogP contribution in [0.1, 0.15) is 84.7 Å². The van der Waals surface area contributed by atoms with Crippen molar-refractivity contribution >= 4 is 54.3 Å². The van der Waals surface area contributed by atoms with E-state index in [1.54, 1.807) is 72.0 Å². The van der Waals surface area contributed by atoms with Gasteiger partial charge in [0.15, 0.2) is 36.1 Å². The summed E-state index contributed by atoms with van der Waals surface area (Å²) in [6.45, 7) is 11.6. The van der Waals surface area contributed by atoms with E-state index in [1.807, 2.05) is 88.4 Å². The number of ketones is 1. The number of imidazole rings is 1. The predicted octanol–water partition coefficient (Wildman–Crippen LogP) is 7.09. The molecule has 2 aliphatic heterocycles. The number of amides is 1. The SMILES string of the molecule is COc1ccc(C(OC(C(=O)COc2ccccc2)[C@H]2O[C@@H](n3cnc4c(N)ncnc43)C[C@@H]2OP(=O)(OCCOCCOCCOCCO[C@@H]2O[C@H](COC(C)=O)[C@H](OC(C)=O)[C@H](OC(C)=O)[C@H]2NC(C)=O)N(C(C)C)C(C)C)(c2ccccc2)c2ccc(OC)cc2)cc1. The summed E-state index contributed by atoms with van der Waals surface area (Å²) < 4.78 is 111. The van der Waals surface area contributed by atoms with Crippen molar-refractivity contribution in [1.82, 2.24) is 29.5 Å². The first-order chi connectivity index (χ1) is 46.2. The van der Waals surface area contributed by atoms with Crippen molar-refractivity contribution in [2.75, 3.05) is 86.0 Å². The summed E-state index contributed by atoms with van der Waals surface area (Å²) in [6, 6.07) is 31.1. The molecule has 2 aromatic heterocycles. The van der Waals surface area contributed by atoms with Crippen molar-refractivity contribution in [2.45, 2.75) is 135 Å². The Balaban J connectivity index is 0.998. The van der Waals surface area contributed by atoms with Gasteiger partial charge in [0.1, 0.15) is 78.5 Å². The van der Waals surface area contributed by atoms with Crippen LogP contribution >= 0.6 is 7.75 Å². The van der Waals surface area contributed by atoms with Crippen LogP contribution < -0.4 is 25.3 Å². The van der Waals surface area contributed by atoms with E-state index in [4.69, 9.17) is 76.4 Å². The number of carbonyl (C=O) groups excluding carboxylic acids is 5. The number of hydrogen-bond donors (Lipinski definition) is 2. The lowest BCUT2D eigenvalue weighted by molar-refractivity contribution is -0.279. The Labute approximate surface area is 557 Å². The highest BCUT2D eigenvalue weighted by Gasteiger charge is 2.55. The van der Waals surface area contributed by atoms with Crippen LogP contribution in [0.2, 0.25) is 0 Å². The maximum Gasteiger partial charge on any atom is 0.409 e. The number of nitrogens with two attached hydrogens (primary N) is 1. The van der Waals surface area contributed by atoms with E-state index in [0.717, 1.165) is 13.8 Å². The highest BCUT2D eigenvalue weighted by Crippen LogP contribution is 2.58. The number of hydrogen-bond acceptors (Lipinski definition) is 25. The molecular weight excluding hydrogens is 1270 g/mol. The molecule has 2 aliphatic rings. The molecule has 0 aliphatic carbocycles. The first-order valence-corrected chi connectivity index (χ1v) is 32.9. The Morgan fingerprint density at radius 1 is 0.677 bits per heavy atom. The number of nitrogens with zero attached hydrogens (tertiary/aromatic N) is 5. The number of esters is 3.